The third kappa shape index (κ3) is 3.46. The van der Waals surface area contributed by atoms with Crippen molar-refractivity contribution < 1.29 is 41.4 Å². The number of carbonyl (C=O) groups excluding carboxylic acids is 2. The fourth-order valence-electron chi connectivity index (χ4n) is 6.51. The van der Waals surface area contributed by atoms with Gasteiger partial charge in [-0.1, -0.05) is 6.07 Å². The molecule has 1 aromatic heterocycles. The molecule has 13 heteroatoms. The lowest BCUT2D eigenvalue weighted by atomic mass is 9.73. The molecule has 1 spiro atoms. The number of aromatic nitrogens is 1. The van der Waals surface area contributed by atoms with Crippen molar-refractivity contribution in [3.8, 4) is 5.75 Å². The fourth-order valence-corrected chi connectivity index (χ4v) is 6.51. The lowest BCUT2D eigenvalue weighted by molar-refractivity contribution is -0.174. The van der Waals surface area contributed by atoms with Crippen LogP contribution >= 0.6 is 0 Å². The van der Waals surface area contributed by atoms with Crippen LogP contribution in [0.2, 0.25) is 0 Å². The van der Waals surface area contributed by atoms with Crippen LogP contribution in [0, 0.1) is 28.9 Å². The van der Waals surface area contributed by atoms with Crippen LogP contribution in [0.15, 0.2) is 29.2 Å². The van der Waals surface area contributed by atoms with Crippen molar-refractivity contribution in [2.75, 3.05) is 0 Å². The molecular weight excluding hydrogens is 505 g/mol. The van der Waals surface area contributed by atoms with Crippen molar-refractivity contribution in [1.82, 2.24) is 14.8 Å². The van der Waals surface area contributed by atoms with Gasteiger partial charge in [-0.3, -0.25) is 14.4 Å². The Kier molecular flexibility index (Phi) is 5.17. The minimum absolute atomic E-state index is 0.0419. The summed E-state index contributed by atoms with van der Waals surface area (Å²) in [6, 6.07) is 3.05. The number of aromatic hydroxyl groups is 1. The summed E-state index contributed by atoms with van der Waals surface area (Å²) >= 11 is 0. The highest BCUT2D eigenvalue weighted by atomic mass is 19.4. The molecule has 2 aromatic rings. The van der Waals surface area contributed by atoms with Gasteiger partial charge < -0.3 is 24.6 Å². The Morgan fingerprint density at radius 1 is 1.24 bits per heavy atom. The maximum Gasteiger partial charge on any atom is 0.379 e. The summed E-state index contributed by atoms with van der Waals surface area (Å²) < 4.78 is 63.5. The van der Waals surface area contributed by atoms with Gasteiger partial charge in [0.25, 0.3) is 11.8 Å². The Hall–Kier alpha value is -3.48. The quantitative estimate of drug-likeness (QED) is 0.600. The second kappa shape index (κ2) is 8.01. The van der Waals surface area contributed by atoms with Crippen molar-refractivity contribution in [2.24, 2.45) is 17.3 Å². The number of fused-ring (bicyclic) bond motifs is 5. The largest absolute Gasteiger partial charge is 0.503 e. The number of nitrogens with zero attached hydrogens (tertiary/aromatic N) is 2. The Bertz CT molecular complexity index is 1400. The zero-order chi connectivity index (χ0) is 26.4. The Balaban J connectivity index is 0.000000590. The summed E-state index contributed by atoms with van der Waals surface area (Å²) in [4.78, 5) is 40.5. The number of hydrogen-bond donors (Lipinski definition) is 2. The van der Waals surface area contributed by atoms with E-state index in [0.717, 1.165) is 18.9 Å². The van der Waals surface area contributed by atoms with Crippen LogP contribution in [0.4, 0.5) is 22.0 Å². The first kappa shape index (κ1) is 23.9. The number of rotatable bonds is 3. The molecule has 1 saturated heterocycles. The summed E-state index contributed by atoms with van der Waals surface area (Å²) in [5.74, 6) is -2.55. The molecule has 5 unspecified atom stereocenters. The van der Waals surface area contributed by atoms with Crippen LogP contribution in [0.5, 0.6) is 5.75 Å². The smallest absolute Gasteiger partial charge is 0.379 e. The molecule has 4 fully saturated rings. The average Bonchev–Trinajstić information content (AvgIpc) is 3.71. The molecule has 5 aliphatic rings. The molecule has 7 rings (SSSR count). The van der Waals surface area contributed by atoms with Crippen LogP contribution in [0.1, 0.15) is 39.3 Å². The second-order valence-electron chi connectivity index (χ2n) is 9.95. The van der Waals surface area contributed by atoms with E-state index in [1.54, 1.807) is 4.90 Å². The Morgan fingerprint density at radius 2 is 1.97 bits per heavy atom. The van der Waals surface area contributed by atoms with Gasteiger partial charge in [0, 0.05) is 35.8 Å². The Labute approximate surface area is 205 Å². The van der Waals surface area contributed by atoms with E-state index in [0.29, 0.717) is 17.9 Å². The number of halogens is 5. The van der Waals surface area contributed by atoms with Gasteiger partial charge in [-0.05, 0) is 30.7 Å². The molecule has 8 nitrogen and oxygen atoms in total. The lowest BCUT2D eigenvalue weighted by Crippen LogP contribution is -2.65. The third-order valence-electron chi connectivity index (χ3n) is 8.14. The zero-order valence-electron chi connectivity index (χ0n) is 19.0. The summed E-state index contributed by atoms with van der Waals surface area (Å²) in [5, 5.41) is 13.0. The molecule has 3 heterocycles. The van der Waals surface area contributed by atoms with Gasteiger partial charge in [-0.25, -0.2) is 8.78 Å². The fraction of sp³-hybridized carbons (Fsp3) is 0.458. The summed E-state index contributed by atoms with van der Waals surface area (Å²) in [6.07, 6.45) is 2.90. The van der Waals surface area contributed by atoms with E-state index in [1.165, 1.54) is 16.8 Å². The van der Waals surface area contributed by atoms with E-state index in [2.05, 4.69) is 5.32 Å². The van der Waals surface area contributed by atoms with Crippen molar-refractivity contribution in [3.05, 3.63) is 63.1 Å². The topological polar surface area (TPSA) is 101 Å². The highest BCUT2D eigenvalue weighted by Crippen LogP contribution is 2.81. The number of amides is 2. The minimum atomic E-state index is -3.67. The maximum absolute atomic E-state index is 13.8. The lowest BCUT2D eigenvalue weighted by Gasteiger charge is -2.53. The molecule has 37 heavy (non-hydrogen) atoms. The maximum atomic E-state index is 13.8. The van der Waals surface area contributed by atoms with Gasteiger partial charge in [0.15, 0.2) is 17.7 Å². The van der Waals surface area contributed by atoms with Crippen LogP contribution in [-0.2, 0) is 17.8 Å². The molecule has 0 bridgehead atoms. The standard InChI is InChI=1S/C23H19F2N3O5.CHF3/c24-10-2-1-9(14(25)3-10)6-26-21(31)12-7-27-8-16-28(22(32)17(27)19(30)18(12)29)20-11-4-13(11)23(20)5-15(23)33-16;2-1(3)4/h1-3,7,11,13,15-16,20,30H,4-6,8H2,(H,26,31);1H/t11?,13?,15?,16?,20-,23?;/m0./s1. The van der Waals surface area contributed by atoms with Gasteiger partial charge in [0.05, 0.1) is 12.6 Å². The van der Waals surface area contributed by atoms with E-state index in [1.807, 2.05) is 0 Å². The first-order valence-corrected chi connectivity index (χ1v) is 11.6. The van der Waals surface area contributed by atoms with E-state index < -0.39 is 47.5 Å². The van der Waals surface area contributed by atoms with Gasteiger partial charge in [0.1, 0.15) is 17.2 Å². The van der Waals surface area contributed by atoms with Crippen LogP contribution < -0.4 is 10.7 Å². The molecule has 3 aliphatic carbocycles. The monoisotopic (exact) mass is 525 g/mol. The number of benzene rings is 1. The molecule has 2 amide bonds. The highest BCUT2D eigenvalue weighted by molar-refractivity contribution is 5.99. The number of hydrogen-bond acceptors (Lipinski definition) is 5. The molecular formula is C24H20F5N3O5. The normalized spacial score (nSPS) is 31.5. The van der Waals surface area contributed by atoms with Gasteiger partial charge in [-0.2, -0.15) is 13.2 Å². The van der Waals surface area contributed by atoms with Crippen molar-refractivity contribution in [1.29, 1.82) is 0 Å². The number of nitrogens with one attached hydrogen (secondary N) is 1. The summed E-state index contributed by atoms with van der Waals surface area (Å²) in [5.41, 5.74) is -1.38. The third-order valence-corrected chi connectivity index (χ3v) is 8.14. The summed E-state index contributed by atoms with van der Waals surface area (Å²) in [6.45, 7) is -3.75. The van der Waals surface area contributed by atoms with Crippen LogP contribution in [-0.4, -0.2) is 51.4 Å². The van der Waals surface area contributed by atoms with Crippen molar-refractivity contribution in [2.45, 2.75) is 51.0 Å². The van der Waals surface area contributed by atoms with Crippen molar-refractivity contribution >= 4 is 11.8 Å². The van der Waals surface area contributed by atoms with Gasteiger partial charge in [0.2, 0.25) is 5.43 Å². The van der Waals surface area contributed by atoms with E-state index >= 15 is 0 Å². The number of pyridine rings is 1. The van der Waals surface area contributed by atoms with Crippen LogP contribution in [0.3, 0.4) is 0 Å². The second-order valence-corrected chi connectivity index (χ2v) is 9.95. The van der Waals surface area contributed by atoms with Gasteiger partial charge in [-0.15, -0.1) is 0 Å². The number of carbonyl (C=O) groups is 2. The zero-order valence-corrected chi connectivity index (χ0v) is 19.0. The minimum Gasteiger partial charge on any atom is -0.503 e. The number of alkyl halides is 3. The van der Waals surface area contributed by atoms with Gasteiger partial charge >= 0.3 is 6.68 Å². The average molecular weight is 525 g/mol. The SMILES string of the molecule is FC(F)F.O=C(NCc1ccc(F)cc1F)c1cn2c(c(O)c1=O)C(=O)N1C(C2)OC2CC23C2CC2[C@H]13. The molecule has 2 aliphatic heterocycles. The van der Waals surface area contributed by atoms with Crippen LogP contribution in [0.25, 0.3) is 0 Å². The van der Waals surface area contributed by atoms with E-state index in [-0.39, 0.29) is 47.5 Å². The molecule has 196 valence electrons. The first-order chi connectivity index (χ1) is 17.5. The molecule has 2 N–H and O–H groups in total. The predicted octanol–water partition coefficient (Wildman–Crippen LogP) is 2.53. The van der Waals surface area contributed by atoms with Crippen molar-refractivity contribution in [3.63, 3.8) is 0 Å². The van der Waals surface area contributed by atoms with E-state index in [9.17, 15) is 41.4 Å². The molecule has 3 saturated carbocycles. The van der Waals surface area contributed by atoms with E-state index in [4.69, 9.17) is 4.74 Å². The molecule has 0 radical (unpaired) electrons. The first-order valence-electron chi connectivity index (χ1n) is 11.6. The predicted molar refractivity (Wildman–Crippen MR) is 114 cm³/mol. The highest BCUT2D eigenvalue weighted by Gasteiger charge is 2.85. The molecule has 1 aromatic carbocycles. The summed E-state index contributed by atoms with van der Waals surface area (Å²) in [7, 11) is 0. The molecule has 6 atom stereocenters. The number of ether oxygens (including phenoxy) is 1. The Morgan fingerprint density at radius 3 is 2.68 bits per heavy atom.